The molecule has 5 heteroatoms. The summed E-state index contributed by atoms with van der Waals surface area (Å²) in [4.78, 5) is 17.1. The SMILES string of the molecule is Cc1nc2ccc(N(C)C(C)(C)C(=O)O)cc2o1. The molecule has 0 radical (unpaired) electrons. The first kappa shape index (κ1) is 12.4. The molecular formula is C13H16N2O3. The number of anilines is 1. The highest BCUT2D eigenvalue weighted by Crippen LogP contribution is 2.26. The van der Waals surface area contributed by atoms with Crippen LogP contribution in [0.25, 0.3) is 11.1 Å². The summed E-state index contributed by atoms with van der Waals surface area (Å²) in [6.07, 6.45) is 0. The van der Waals surface area contributed by atoms with E-state index in [1.54, 1.807) is 38.8 Å². The topological polar surface area (TPSA) is 66.6 Å². The molecule has 0 aliphatic carbocycles. The summed E-state index contributed by atoms with van der Waals surface area (Å²) in [5, 5.41) is 9.21. The van der Waals surface area contributed by atoms with Gasteiger partial charge in [-0.1, -0.05) is 0 Å². The molecule has 0 aliphatic rings. The zero-order valence-corrected chi connectivity index (χ0v) is 10.9. The van der Waals surface area contributed by atoms with Gasteiger partial charge in [0.25, 0.3) is 0 Å². The average Bonchev–Trinajstić information content (AvgIpc) is 2.66. The average molecular weight is 248 g/mol. The summed E-state index contributed by atoms with van der Waals surface area (Å²) >= 11 is 0. The minimum atomic E-state index is -0.983. The van der Waals surface area contributed by atoms with Gasteiger partial charge in [0.1, 0.15) is 11.1 Å². The molecule has 0 unspecified atom stereocenters. The first-order valence-corrected chi connectivity index (χ1v) is 5.67. The Morgan fingerprint density at radius 1 is 1.44 bits per heavy atom. The van der Waals surface area contributed by atoms with Crippen molar-refractivity contribution in [2.45, 2.75) is 26.3 Å². The van der Waals surface area contributed by atoms with Crippen molar-refractivity contribution < 1.29 is 14.3 Å². The molecule has 1 aromatic carbocycles. The Balaban J connectivity index is 2.44. The number of aryl methyl sites for hydroxylation is 1. The van der Waals surface area contributed by atoms with Crippen molar-refractivity contribution in [3.05, 3.63) is 24.1 Å². The molecule has 0 bridgehead atoms. The van der Waals surface area contributed by atoms with Gasteiger partial charge in [-0.25, -0.2) is 9.78 Å². The number of hydrogen-bond donors (Lipinski definition) is 1. The van der Waals surface area contributed by atoms with Crippen molar-refractivity contribution in [1.82, 2.24) is 4.98 Å². The molecule has 0 saturated heterocycles. The summed E-state index contributed by atoms with van der Waals surface area (Å²) in [6, 6.07) is 5.48. The highest BCUT2D eigenvalue weighted by atomic mass is 16.4. The number of aliphatic carboxylic acids is 1. The normalized spacial score (nSPS) is 11.8. The number of carboxylic acid groups (broad SMARTS) is 1. The molecule has 1 aromatic heterocycles. The van der Waals surface area contributed by atoms with E-state index in [1.807, 2.05) is 12.1 Å². The van der Waals surface area contributed by atoms with Crippen LogP contribution in [0.1, 0.15) is 19.7 Å². The van der Waals surface area contributed by atoms with Gasteiger partial charge in [-0.05, 0) is 26.0 Å². The molecule has 5 nitrogen and oxygen atoms in total. The second-order valence-corrected chi connectivity index (χ2v) is 4.81. The zero-order chi connectivity index (χ0) is 13.5. The van der Waals surface area contributed by atoms with Gasteiger partial charge in [0.15, 0.2) is 11.5 Å². The number of oxazole rings is 1. The van der Waals surface area contributed by atoms with Crippen LogP contribution in [0, 0.1) is 6.92 Å². The summed E-state index contributed by atoms with van der Waals surface area (Å²) in [6.45, 7) is 5.10. The number of rotatable bonds is 3. The predicted molar refractivity (Wildman–Crippen MR) is 68.9 cm³/mol. The van der Waals surface area contributed by atoms with E-state index < -0.39 is 11.5 Å². The van der Waals surface area contributed by atoms with Gasteiger partial charge in [0.05, 0.1) is 0 Å². The Hall–Kier alpha value is -2.04. The maximum absolute atomic E-state index is 11.2. The summed E-state index contributed by atoms with van der Waals surface area (Å²) in [5.41, 5.74) is 1.24. The molecule has 18 heavy (non-hydrogen) atoms. The van der Waals surface area contributed by atoms with Crippen LogP contribution in [0.15, 0.2) is 22.6 Å². The minimum Gasteiger partial charge on any atom is -0.480 e. The lowest BCUT2D eigenvalue weighted by Crippen LogP contribution is -2.48. The monoisotopic (exact) mass is 248 g/mol. The van der Waals surface area contributed by atoms with Crippen LogP contribution < -0.4 is 4.90 Å². The van der Waals surface area contributed by atoms with E-state index in [0.717, 1.165) is 11.2 Å². The molecule has 96 valence electrons. The van der Waals surface area contributed by atoms with Crippen LogP contribution in [0.4, 0.5) is 5.69 Å². The third kappa shape index (κ3) is 1.92. The third-order valence-corrected chi connectivity index (χ3v) is 3.23. The molecule has 0 spiro atoms. The molecule has 2 rings (SSSR count). The van der Waals surface area contributed by atoms with Crippen molar-refractivity contribution in [1.29, 1.82) is 0 Å². The number of likely N-dealkylation sites (N-methyl/N-ethyl adjacent to an activating group) is 1. The Bertz CT molecular complexity index is 601. The number of aromatic nitrogens is 1. The van der Waals surface area contributed by atoms with Gasteiger partial charge in [0, 0.05) is 25.7 Å². The van der Waals surface area contributed by atoms with E-state index >= 15 is 0 Å². The zero-order valence-electron chi connectivity index (χ0n) is 10.9. The van der Waals surface area contributed by atoms with Gasteiger partial charge in [-0.2, -0.15) is 0 Å². The van der Waals surface area contributed by atoms with E-state index in [9.17, 15) is 9.90 Å². The minimum absolute atomic E-state index is 0.599. The lowest BCUT2D eigenvalue weighted by atomic mass is 10.0. The Morgan fingerprint density at radius 3 is 2.72 bits per heavy atom. The molecule has 0 atom stereocenters. The van der Waals surface area contributed by atoms with Gasteiger partial charge < -0.3 is 14.4 Å². The molecule has 1 N–H and O–H groups in total. The van der Waals surface area contributed by atoms with E-state index in [2.05, 4.69) is 4.98 Å². The number of nitrogens with zero attached hydrogens (tertiary/aromatic N) is 2. The van der Waals surface area contributed by atoms with E-state index in [-0.39, 0.29) is 0 Å². The van der Waals surface area contributed by atoms with Crippen molar-refractivity contribution >= 4 is 22.8 Å². The number of carboxylic acids is 1. The fraction of sp³-hybridized carbons (Fsp3) is 0.385. The molecule has 0 fully saturated rings. The molecule has 2 aromatic rings. The van der Waals surface area contributed by atoms with Crippen LogP contribution in [-0.2, 0) is 4.79 Å². The summed E-state index contributed by atoms with van der Waals surface area (Å²) in [5.74, 6) is -0.277. The van der Waals surface area contributed by atoms with Gasteiger partial charge in [-0.15, -0.1) is 0 Å². The largest absolute Gasteiger partial charge is 0.480 e. The lowest BCUT2D eigenvalue weighted by molar-refractivity contribution is -0.142. The smallest absolute Gasteiger partial charge is 0.328 e. The van der Waals surface area contributed by atoms with Crippen LogP contribution in [0.5, 0.6) is 0 Å². The number of carbonyl (C=O) groups is 1. The van der Waals surface area contributed by atoms with Gasteiger partial charge >= 0.3 is 5.97 Å². The van der Waals surface area contributed by atoms with Gasteiger partial charge in [0.2, 0.25) is 0 Å². The van der Waals surface area contributed by atoms with Crippen molar-refractivity contribution in [3.8, 4) is 0 Å². The predicted octanol–water partition coefficient (Wildman–Crippen LogP) is 2.44. The molecule has 0 amide bonds. The van der Waals surface area contributed by atoms with Crippen LogP contribution in [0.3, 0.4) is 0 Å². The van der Waals surface area contributed by atoms with Crippen molar-refractivity contribution in [2.75, 3.05) is 11.9 Å². The van der Waals surface area contributed by atoms with E-state index in [4.69, 9.17) is 4.42 Å². The fourth-order valence-corrected chi connectivity index (χ4v) is 1.70. The second kappa shape index (κ2) is 4.01. The Kier molecular flexibility index (Phi) is 2.77. The number of hydrogen-bond acceptors (Lipinski definition) is 4. The quantitative estimate of drug-likeness (QED) is 0.903. The number of benzene rings is 1. The first-order valence-electron chi connectivity index (χ1n) is 5.67. The Labute approximate surface area is 105 Å². The summed E-state index contributed by atoms with van der Waals surface area (Å²) < 4.78 is 5.45. The maximum Gasteiger partial charge on any atom is 0.328 e. The molecule has 1 heterocycles. The van der Waals surface area contributed by atoms with Crippen LogP contribution in [-0.4, -0.2) is 28.6 Å². The van der Waals surface area contributed by atoms with E-state index in [0.29, 0.717) is 11.5 Å². The first-order chi connectivity index (χ1) is 8.32. The highest BCUT2D eigenvalue weighted by Gasteiger charge is 2.32. The lowest BCUT2D eigenvalue weighted by Gasteiger charge is -2.33. The van der Waals surface area contributed by atoms with Crippen molar-refractivity contribution in [2.24, 2.45) is 0 Å². The highest BCUT2D eigenvalue weighted by molar-refractivity contribution is 5.84. The van der Waals surface area contributed by atoms with Crippen molar-refractivity contribution in [3.63, 3.8) is 0 Å². The standard InChI is InChI=1S/C13H16N2O3/c1-8-14-10-6-5-9(7-11(10)18-8)15(4)13(2,3)12(16)17/h5-7H,1-4H3,(H,16,17). The second-order valence-electron chi connectivity index (χ2n) is 4.81. The van der Waals surface area contributed by atoms with Gasteiger partial charge in [-0.3, -0.25) is 0 Å². The molecule has 0 saturated carbocycles. The van der Waals surface area contributed by atoms with Crippen LogP contribution in [0.2, 0.25) is 0 Å². The summed E-state index contributed by atoms with van der Waals surface area (Å²) in [7, 11) is 1.75. The third-order valence-electron chi connectivity index (χ3n) is 3.23. The Morgan fingerprint density at radius 2 is 2.11 bits per heavy atom. The molecular weight excluding hydrogens is 232 g/mol. The maximum atomic E-state index is 11.2. The number of fused-ring (bicyclic) bond motifs is 1. The van der Waals surface area contributed by atoms with Crippen LogP contribution >= 0.6 is 0 Å². The molecule has 0 aliphatic heterocycles. The van der Waals surface area contributed by atoms with E-state index in [1.165, 1.54) is 0 Å². The fourth-order valence-electron chi connectivity index (χ4n) is 1.70.